The maximum absolute atomic E-state index is 10.1. The summed E-state index contributed by atoms with van der Waals surface area (Å²) in [6, 6.07) is 0.606. The molecule has 0 aromatic heterocycles. The standard InChI is InChI=1S/C21H37NO2/c1-20-9-7-15(24)13-14(20)3-4-16-17-5-6-19(22-11-12-23)21(17,2)10-8-18(16)20/h14-19,22-24H,3-13H2,1-2H3/t14-,15+,16+,17-,18+,19+,20-,21-/m0/s1. The van der Waals surface area contributed by atoms with E-state index in [4.69, 9.17) is 0 Å². The molecule has 4 aliphatic carbocycles. The Labute approximate surface area is 147 Å². The summed E-state index contributed by atoms with van der Waals surface area (Å²) in [4.78, 5) is 0. The number of fused-ring (bicyclic) bond motifs is 5. The lowest BCUT2D eigenvalue weighted by atomic mass is 9.45. The summed E-state index contributed by atoms with van der Waals surface area (Å²) in [7, 11) is 0. The van der Waals surface area contributed by atoms with E-state index in [2.05, 4.69) is 19.2 Å². The van der Waals surface area contributed by atoms with Crippen molar-refractivity contribution in [3.63, 3.8) is 0 Å². The van der Waals surface area contributed by atoms with Gasteiger partial charge in [0.1, 0.15) is 0 Å². The smallest absolute Gasteiger partial charge is 0.0556 e. The van der Waals surface area contributed by atoms with Gasteiger partial charge in [0.05, 0.1) is 12.7 Å². The fourth-order valence-electron chi connectivity index (χ4n) is 7.81. The van der Waals surface area contributed by atoms with Gasteiger partial charge < -0.3 is 15.5 Å². The monoisotopic (exact) mass is 335 g/mol. The van der Waals surface area contributed by atoms with Crippen LogP contribution in [-0.2, 0) is 0 Å². The van der Waals surface area contributed by atoms with Crippen LogP contribution in [0.15, 0.2) is 0 Å². The van der Waals surface area contributed by atoms with Gasteiger partial charge in [-0.1, -0.05) is 13.8 Å². The molecule has 0 spiro atoms. The Morgan fingerprint density at radius 3 is 2.46 bits per heavy atom. The minimum atomic E-state index is -0.0352. The van der Waals surface area contributed by atoms with Crippen molar-refractivity contribution < 1.29 is 10.2 Å². The second-order valence-corrected chi connectivity index (χ2v) is 9.94. The van der Waals surface area contributed by atoms with Crippen molar-refractivity contribution in [2.75, 3.05) is 13.2 Å². The van der Waals surface area contributed by atoms with Gasteiger partial charge in [-0.3, -0.25) is 0 Å². The van der Waals surface area contributed by atoms with Gasteiger partial charge in [0, 0.05) is 12.6 Å². The highest BCUT2D eigenvalue weighted by atomic mass is 16.3. The zero-order valence-electron chi connectivity index (χ0n) is 15.6. The van der Waals surface area contributed by atoms with Crippen LogP contribution in [0.25, 0.3) is 0 Å². The predicted molar refractivity (Wildman–Crippen MR) is 96.6 cm³/mol. The van der Waals surface area contributed by atoms with E-state index in [1.807, 2.05) is 0 Å². The summed E-state index contributed by atoms with van der Waals surface area (Å²) in [6.07, 6.45) is 11.4. The quantitative estimate of drug-likeness (QED) is 0.741. The molecule has 0 heterocycles. The van der Waals surface area contributed by atoms with Crippen molar-refractivity contribution in [2.45, 2.75) is 83.8 Å². The number of hydrogen-bond donors (Lipinski definition) is 3. The van der Waals surface area contributed by atoms with Crippen LogP contribution in [0.4, 0.5) is 0 Å². The van der Waals surface area contributed by atoms with Gasteiger partial charge in [-0.05, 0) is 92.3 Å². The number of hydrogen-bond acceptors (Lipinski definition) is 3. The molecule has 0 aliphatic heterocycles. The van der Waals surface area contributed by atoms with Crippen LogP contribution in [0, 0.1) is 34.5 Å². The van der Waals surface area contributed by atoms with Gasteiger partial charge in [0.25, 0.3) is 0 Å². The van der Waals surface area contributed by atoms with Crippen LogP contribution in [0.1, 0.15) is 71.6 Å². The molecule has 3 heteroatoms. The second-order valence-electron chi connectivity index (χ2n) is 9.94. The summed E-state index contributed by atoms with van der Waals surface area (Å²) in [5, 5.41) is 23.0. The van der Waals surface area contributed by atoms with E-state index < -0.39 is 0 Å². The lowest BCUT2D eigenvalue weighted by molar-refractivity contribution is -0.123. The highest BCUT2D eigenvalue weighted by Gasteiger charge is 2.59. The minimum Gasteiger partial charge on any atom is -0.395 e. The average molecular weight is 336 g/mol. The van der Waals surface area contributed by atoms with E-state index in [0.29, 0.717) is 16.9 Å². The van der Waals surface area contributed by atoms with Crippen LogP contribution < -0.4 is 5.32 Å². The Morgan fingerprint density at radius 1 is 0.917 bits per heavy atom. The molecule has 4 rings (SSSR count). The molecule has 4 saturated carbocycles. The summed E-state index contributed by atoms with van der Waals surface area (Å²) in [5.41, 5.74) is 0.924. The molecule has 0 bridgehead atoms. The number of aliphatic hydroxyl groups excluding tert-OH is 2. The third kappa shape index (κ3) is 2.49. The van der Waals surface area contributed by atoms with Gasteiger partial charge in [-0.2, -0.15) is 0 Å². The fraction of sp³-hybridized carbons (Fsp3) is 1.00. The first-order chi connectivity index (χ1) is 11.5. The zero-order valence-corrected chi connectivity index (χ0v) is 15.6. The van der Waals surface area contributed by atoms with Crippen LogP contribution in [-0.4, -0.2) is 35.5 Å². The first-order valence-electron chi connectivity index (χ1n) is 10.5. The molecule has 4 aliphatic rings. The molecular formula is C21H37NO2. The van der Waals surface area contributed by atoms with E-state index in [1.54, 1.807) is 0 Å². The Balaban J connectivity index is 1.54. The normalized spacial score (nSPS) is 54.0. The molecule has 0 unspecified atom stereocenters. The predicted octanol–water partition coefficient (Wildman–Crippen LogP) is 3.34. The Hall–Kier alpha value is -0.120. The second kappa shape index (κ2) is 6.25. The largest absolute Gasteiger partial charge is 0.395 e. The van der Waals surface area contributed by atoms with E-state index in [0.717, 1.165) is 43.1 Å². The summed E-state index contributed by atoms with van der Waals surface area (Å²) >= 11 is 0. The molecule has 3 nitrogen and oxygen atoms in total. The van der Waals surface area contributed by atoms with Crippen molar-refractivity contribution in [3.05, 3.63) is 0 Å². The lowest BCUT2D eigenvalue weighted by Crippen LogP contribution is -2.55. The fourth-order valence-corrected chi connectivity index (χ4v) is 7.81. The molecule has 0 saturated heterocycles. The Morgan fingerprint density at radius 2 is 1.67 bits per heavy atom. The van der Waals surface area contributed by atoms with E-state index in [1.165, 1.54) is 44.9 Å². The zero-order chi connectivity index (χ0) is 16.9. The van der Waals surface area contributed by atoms with Gasteiger partial charge in [0.15, 0.2) is 0 Å². The van der Waals surface area contributed by atoms with Crippen molar-refractivity contribution in [2.24, 2.45) is 34.5 Å². The Bertz CT molecular complexity index is 469. The molecule has 0 aromatic rings. The SMILES string of the molecule is C[C@]12CC[C@@H](O)C[C@@H]1CC[C@H]1[C@H]2CC[C@]2(C)[C@H](NCCO)CC[C@@H]12. The van der Waals surface area contributed by atoms with Crippen molar-refractivity contribution in [1.82, 2.24) is 5.32 Å². The van der Waals surface area contributed by atoms with Crippen LogP contribution >= 0.6 is 0 Å². The summed E-state index contributed by atoms with van der Waals surface area (Å²) in [5.74, 6) is 3.42. The van der Waals surface area contributed by atoms with Gasteiger partial charge in [0.2, 0.25) is 0 Å². The number of rotatable bonds is 3. The molecule has 0 radical (unpaired) electrons. The molecule has 4 fully saturated rings. The van der Waals surface area contributed by atoms with Crippen molar-refractivity contribution in [1.29, 1.82) is 0 Å². The number of nitrogens with one attached hydrogen (secondary N) is 1. The molecule has 0 amide bonds. The van der Waals surface area contributed by atoms with E-state index >= 15 is 0 Å². The third-order valence-corrected chi connectivity index (χ3v) is 9.14. The van der Waals surface area contributed by atoms with Gasteiger partial charge in [-0.15, -0.1) is 0 Å². The molecule has 24 heavy (non-hydrogen) atoms. The summed E-state index contributed by atoms with van der Waals surface area (Å²) < 4.78 is 0. The maximum Gasteiger partial charge on any atom is 0.0556 e. The minimum absolute atomic E-state index is 0.0352. The average Bonchev–Trinajstić information content (AvgIpc) is 2.90. The summed E-state index contributed by atoms with van der Waals surface area (Å²) in [6.45, 7) is 6.11. The molecular weight excluding hydrogens is 298 g/mol. The molecule has 0 aromatic carbocycles. The lowest BCUT2D eigenvalue weighted by Gasteiger charge is -2.61. The van der Waals surface area contributed by atoms with Gasteiger partial charge in [-0.25, -0.2) is 0 Å². The molecule has 8 atom stereocenters. The van der Waals surface area contributed by atoms with Crippen LogP contribution in [0.3, 0.4) is 0 Å². The maximum atomic E-state index is 10.1. The van der Waals surface area contributed by atoms with Crippen LogP contribution in [0.2, 0.25) is 0 Å². The highest BCUT2D eigenvalue weighted by Crippen LogP contribution is 2.66. The number of aliphatic hydroxyl groups is 2. The highest BCUT2D eigenvalue weighted by molar-refractivity contribution is 5.10. The van der Waals surface area contributed by atoms with Crippen molar-refractivity contribution >= 4 is 0 Å². The molecule has 138 valence electrons. The third-order valence-electron chi connectivity index (χ3n) is 9.14. The van der Waals surface area contributed by atoms with Gasteiger partial charge >= 0.3 is 0 Å². The van der Waals surface area contributed by atoms with E-state index in [-0.39, 0.29) is 12.7 Å². The topological polar surface area (TPSA) is 52.5 Å². The first-order valence-corrected chi connectivity index (χ1v) is 10.5. The molecule has 3 N–H and O–H groups in total. The van der Waals surface area contributed by atoms with E-state index in [9.17, 15) is 10.2 Å². The van der Waals surface area contributed by atoms with Crippen molar-refractivity contribution in [3.8, 4) is 0 Å². The first kappa shape index (κ1) is 17.3. The Kier molecular flexibility index (Phi) is 4.50. The van der Waals surface area contributed by atoms with Crippen LogP contribution in [0.5, 0.6) is 0 Å².